The average Bonchev–Trinajstić information content (AvgIpc) is 3.02. The molecule has 14 heteroatoms. The van der Waals surface area contributed by atoms with Crippen LogP contribution in [0.3, 0.4) is 0 Å². The molecule has 45 heavy (non-hydrogen) atoms. The molecule has 1 aromatic carbocycles. The van der Waals surface area contributed by atoms with Crippen LogP contribution in [0.2, 0.25) is 0 Å². The van der Waals surface area contributed by atoms with Crippen molar-refractivity contribution >= 4 is 42.0 Å². The first kappa shape index (κ1) is 32.7. The summed E-state index contributed by atoms with van der Waals surface area (Å²) in [4.78, 5) is 40.8. The predicted molar refractivity (Wildman–Crippen MR) is 164 cm³/mol. The number of Topliss-reactive ketones (excluding diaryl/α,β-unsaturated/α-hetero) is 2. The number of benzene rings is 1. The van der Waals surface area contributed by atoms with Gasteiger partial charge in [-0.2, -0.15) is 0 Å². The molecule has 236 valence electrons. The molecule has 0 spiro atoms. The van der Waals surface area contributed by atoms with Crippen molar-refractivity contribution in [2.75, 3.05) is 6.54 Å². The molecule has 11 N–H and O–H groups in total. The molecule has 0 bridgehead atoms. The van der Waals surface area contributed by atoms with Crippen molar-refractivity contribution in [2.45, 2.75) is 30.2 Å². The van der Waals surface area contributed by atoms with Crippen LogP contribution < -0.4 is 11.1 Å². The predicted octanol–water partition coefficient (Wildman–Crippen LogP) is 0.714. The molecule has 0 saturated heterocycles. The lowest BCUT2D eigenvalue weighted by Crippen LogP contribution is -2.70. The highest BCUT2D eigenvalue weighted by molar-refractivity contribution is 6.25. The second-order valence-corrected chi connectivity index (χ2v) is 11.1. The number of nitrogens with zero attached hydrogens (tertiary/aromatic N) is 1. The van der Waals surface area contributed by atoms with Gasteiger partial charge in [0, 0.05) is 48.5 Å². The summed E-state index contributed by atoms with van der Waals surface area (Å²) >= 11 is 0. The van der Waals surface area contributed by atoms with Crippen molar-refractivity contribution in [1.29, 1.82) is 16.2 Å². The van der Waals surface area contributed by atoms with E-state index in [0.717, 1.165) is 23.5 Å². The monoisotopic (exact) mass is 618 g/mol. The molecule has 3 aliphatic carbocycles. The number of rotatable bonds is 12. The number of aliphatic hydroxyl groups is 4. The summed E-state index contributed by atoms with van der Waals surface area (Å²) in [6.45, 7) is 11.0. The number of amides is 1. The van der Waals surface area contributed by atoms with E-state index in [0.29, 0.717) is 6.34 Å². The van der Waals surface area contributed by atoms with E-state index in [-0.39, 0.29) is 29.8 Å². The highest BCUT2D eigenvalue weighted by atomic mass is 16.4. The Kier molecular flexibility index (Phi) is 8.53. The van der Waals surface area contributed by atoms with E-state index in [1.165, 1.54) is 24.3 Å². The van der Waals surface area contributed by atoms with Crippen LogP contribution >= 0.6 is 0 Å². The number of phenols is 1. The fourth-order valence-electron chi connectivity index (χ4n) is 6.58. The second kappa shape index (κ2) is 11.7. The van der Waals surface area contributed by atoms with Crippen LogP contribution in [0.4, 0.5) is 0 Å². The molecule has 1 aromatic rings. The molecule has 0 aliphatic heterocycles. The number of phenolic OH excluding ortho intramolecular Hbond substituents is 1. The Labute approximate surface area is 257 Å². The number of aliphatic hydroxyl groups excluding tert-OH is 3. The number of fused-ring (bicyclic) bond motifs is 3. The maximum absolute atomic E-state index is 14.2. The third kappa shape index (κ3) is 4.53. The molecular formula is C31H34N6O8. The molecule has 14 nitrogen and oxygen atoms in total. The first-order valence-corrected chi connectivity index (χ1v) is 13.7. The van der Waals surface area contributed by atoms with Gasteiger partial charge in [0.15, 0.2) is 11.4 Å². The number of carbonyl (C=O) groups excluding carboxylic acids is 3. The van der Waals surface area contributed by atoms with Crippen molar-refractivity contribution in [2.24, 2.45) is 23.0 Å². The van der Waals surface area contributed by atoms with Gasteiger partial charge in [0.05, 0.1) is 29.3 Å². The minimum absolute atomic E-state index is 0.0138. The minimum Gasteiger partial charge on any atom is -0.508 e. The van der Waals surface area contributed by atoms with Crippen LogP contribution in [0.5, 0.6) is 5.75 Å². The topological polar surface area (TPSA) is 265 Å². The number of hydrogen-bond donors (Lipinski definition) is 10. The summed E-state index contributed by atoms with van der Waals surface area (Å²) in [5.41, 5.74) is -0.346. The second-order valence-electron chi connectivity index (χ2n) is 11.1. The van der Waals surface area contributed by atoms with Crippen LogP contribution in [0.25, 0.3) is 5.76 Å². The van der Waals surface area contributed by atoms with Gasteiger partial charge < -0.3 is 52.3 Å². The first-order valence-electron chi connectivity index (χ1n) is 13.7. The zero-order chi connectivity index (χ0) is 33.6. The lowest BCUT2D eigenvalue weighted by molar-refractivity contribution is -0.167. The summed E-state index contributed by atoms with van der Waals surface area (Å²) in [7, 11) is 0. The molecule has 1 saturated carbocycles. The van der Waals surface area contributed by atoms with Gasteiger partial charge in [-0.05, 0) is 11.8 Å². The van der Waals surface area contributed by atoms with E-state index in [2.05, 4.69) is 25.1 Å². The van der Waals surface area contributed by atoms with Gasteiger partial charge in [-0.25, -0.2) is 0 Å². The Morgan fingerprint density at radius 2 is 1.78 bits per heavy atom. The Balaban J connectivity index is 1.93. The number of allylic oxidation sites excluding steroid dienone is 1. The molecule has 0 radical (unpaired) electrons. The lowest BCUT2D eigenvalue weighted by atomic mass is 9.54. The molecule has 0 unspecified atom stereocenters. The van der Waals surface area contributed by atoms with Gasteiger partial charge in [0.2, 0.25) is 5.78 Å². The molecule has 6 atom stereocenters. The first-order chi connectivity index (χ1) is 21.3. The van der Waals surface area contributed by atoms with Crippen molar-refractivity contribution in [3.63, 3.8) is 0 Å². The van der Waals surface area contributed by atoms with Crippen molar-refractivity contribution in [3.05, 3.63) is 83.8 Å². The van der Waals surface area contributed by atoms with Crippen LogP contribution in [-0.2, 0) is 20.9 Å². The highest BCUT2D eigenvalue weighted by Gasteiger charge is 2.68. The van der Waals surface area contributed by atoms with Crippen molar-refractivity contribution in [1.82, 2.24) is 10.2 Å². The smallest absolute Gasteiger partial charge is 0.255 e. The molecule has 1 amide bonds. The quantitative estimate of drug-likeness (QED) is 0.0678. The fourth-order valence-corrected chi connectivity index (χ4v) is 6.58. The zero-order valence-corrected chi connectivity index (χ0v) is 24.0. The number of carbonyl (C=O) groups is 3. The Bertz CT molecular complexity index is 1600. The number of nitrogens with one attached hydrogen (secondary N) is 4. The summed E-state index contributed by atoms with van der Waals surface area (Å²) in [5, 5.41) is 83.6. The maximum atomic E-state index is 14.2. The lowest BCUT2D eigenvalue weighted by Gasteiger charge is -2.53. The minimum atomic E-state index is -3.17. The zero-order valence-electron chi connectivity index (χ0n) is 24.0. The summed E-state index contributed by atoms with van der Waals surface area (Å²) in [6, 6.07) is 1.28. The van der Waals surface area contributed by atoms with Gasteiger partial charge >= 0.3 is 0 Å². The summed E-state index contributed by atoms with van der Waals surface area (Å²) in [5.74, 6) is -10.9. The number of nitrogens with two attached hydrogens (primary N) is 1. The average molecular weight is 619 g/mol. The molecular weight excluding hydrogens is 584 g/mol. The fraction of sp³-hybridized carbons (Fsp3) is 0.290. The van der Waals surface area contributed by atoms with E-state index in [1.54, 1.807) is 0 Å². The van der Waals surface area contributed by atoms with Gasteiger partial charge in [-0.15, -0.1) is 13.2 Å². The normalized spacial score (nSPS) is 28.5. The van der Waals surface area contributed by atoms with Crippen LogP contribution in [0, 0.1) is 33.5 Å². The summed E-state index contributed by atoms with van der Waals surface area (Å²) < 4.78 is 0. The van der Waals surface area contributed by atoms with Gasteiger partial charge in [0.1, 0.15) is 28.9 Å². The number of ketones is 2. The van der Waals surface area contributed by atoms with Gasteiger partial charge in [-0.1, -0.05) is 30.9 Å². The van der Waals surface area contributed by atoms with Crippen molar-refractivity contribution < 1.29 is 39.9 Å². The van der Waals surface area contributed by atoms with Crippen LogP contribution in [0.15, 0.2) is 67.1 Å². The third-order valence-corrected chi connectivity index (χ3v) is 8.97. The van der Waals surface area contributed by atoms with Crippen LogP contribution in [0.1, 0.15) is 22.6 Å². The largest absolute Gasteiger partial charge is 0.508 e. The van der Waals surface area contributed by atoms with Crippen molar-refractivity contribution in [3.8, 4) is 5.75 Å². The Hall–Kier alpha value is -5.18. The molecule has 3 aliphatic rings. The Morgan fingerprint density at radius 3 is 2.29 bits per heavy atom. The van der Waals surface area contributed by atoms with E-state index in [4.69, 9.17) is 22.0 Å². The van der Waals surface area contributed by atoms with Gasteiger partial charge in [-0.3, -0.25) is 19.8 Å². The summed E-state index contributed by atoms with van der Waals surface area (Å²) in [6.07, 6.45) is 4.55. The van der Waals surface area contributed by atoms with E-state index < -0.39 is 86.8 Å². The molecule has 1 fully saturated rings. The van der Waals surface area contributed by atoms with Crippen LogP contribution in [-0.4, -0.2) is 91.0 Å². The Morgan fingerprint density at radius 1 is 1.13 bits per heavy atom. The SMILES string of the molecule is C=C[C@H]1c2ccc(CNCC(C=C)(C=N)C=N)c(O)c2C(O)=C2C(=O)[C@]3(O)C(O)=C(C(N)=O)C(=O)[C@@H](N(C=C)C=N)[C@@H]3[C@@H](O)[C@@H]21. The standard InChI is InChI=1S/C31H34N6O8/c1-4-15-16-8-7-14(9-36-12-30(5-2,10-32)11-33)23(38)18(16)24(39)19-17(15)25(40)21-22(37(6-3)13-34)26(41)20(29(35)44)28(43)31(21,45)27(19)42/h4-8,10-11,13,15,17,21-22,25,32-34,36,38-40,43,45H,1-3,9,12H2,(H2,35,44)/t15-,17+,21+,22-,25-,30?,31-/m0/s1. The van der Waals surface area contributed by atoms with E-state index >= 15 is 0 Å². The number of aromatic hydroxyl groups is 1. The van der Waals surface area contributed by atoms with E-state index in [9.17, 15) is 39.9 Å². The van der Waals surface area contributed by atoms with Gasteiger partial charge in [0.25, 0.3) is 5.91 Å². The maximum Gasteiger partial charge on any atom is 0.255 e. The molecule has 4 rings (SSSR count). The van der Waals surface area contributed by atoms with E-state index in [1.807, 2.05) is 0 Å². The number of hydrogen-bond acceptors (Lipinski definition) is 12. The molecule has 0 heterocycles. The molecule has 0 aromatic heterocycles. The third-order valence-electron chi connectivity index (χ3n) is 8.97. The number of primary amides is 1. The highest BCUT2D eigenvalue weighted by Crippen LogP contribution is 2.56.